The second kappa shape index (κ2) is 8.51. The first-order valence-electron chi connectivity index (χ1n) is 10.6. The lowest BCUT2D eigenvalue weighted by atomic mass is 9.96. The molecule has 160 valence electrons. The van der Waals surface area contributed by atoms with Crippen LogP contribution in [0.3, 0.4) is 0 Å². The Kier molecular flexibility index (Phi) is 5.41. The zero-order chi connectivity index (χ0) is 22.1. The molecule has 4 aromatic heterocycles. The Morgan fingerprint density at radius 2 is 1.78 bits per heavy atom. The Morgan fingerprint density at radius 3 is 2.47 bits per heavy atom. The lowest BCUT2D eigenvalue weighted by molar-refractivity contribution is 0.310. The Bertz CT molecular complexity index is 1220. The van der Waals surface area contributed by atoms with Gasteiger partial charge in [-0.05, 0) is 73.6 Å². The van der Waals surface area contributed by atoms with Crippen molar-refractivity contribution >= 4 is 17.3 Å². The first-order valence-corrected chi connectivity index (χ1v) is 11.0. The molecule has 1 aliphatic rings. The van der Waals surface area contributed by atoms with E-state index in [1.165, 1.54) is 11.3 Å². The second-order valence-electron chi connectivity index (χ2n) is 7.99. The van der Waals surface area contributed by atoms with E-state index >= 15 is 0 Å². The van der Waals surface area contributed by atoms with Gasteiger partial charge in [-0.3, -0.25) is 15.0 Å². The molecule has 0 spiro atoms. The van der Waals surface area contributed by atoms with Crippen LogP contribution in [-0.4, -0.2) is 29.5 Å². The molecule has 1 saturated heterocycles. The Balaban J connectivity index is 1.62. The van der Waals surface area contributed by atoms with Crippen molar-refractivity contribution in [3.63, 3.8) is 0 Å². The van der Waals surface area contributed by atoms with Gasteiger partial charge in [0.15, 0.2) is 5.11 Å². The molecule has 7 heteroatoms. The number of nitrogens with one attached hydrogen (secondary N) is 1. The third-order valence-corrected chi connectivity index (χ3v) is 6.32. The summed E-state index contributed by atoms with van der Waals surface area (Å²) in [7, 11) is 0. The predicted octanol–water partition coefficient (Wildman–Crippen LogP) is 4.45. The highest BCUT2D eigenvalue weighted by Gasteiger charge is 2.41. The molecule has 6 nitrogen and oxygen atoms in total. The SMILES string of the molecule is Cc1cc([C@@H]2[C@@H](c3ccccn3)NC(=S)N2Cc2cccnc2)c(C)n1-c1cccnc1. The van der Waals surface area contributed by atoms with Gasteiger partial charge in [0.25, 0.3) is 0 Å². The fraction of sp³-hybridized carbons (Fsp3) is 0.200. The van der Waals surface area contributed by atoms with Crippen LogP contribution in [0.4, 0.5) is 0 Å². The Morgan fingerprint density at radius 1 is 0.969 bits per heavy atom. The van der Waals surface area contributed by atoms with Crippen LogP contribution in [0.5, 0.6) is 0 Å². The van der Waals surface area contributed by atoms with Crippen molar-refractivity contribution in [2.24, 2.45) is 0 Å². The highest BCUT2D eigenvalue weighted by atomic mass is 32.1. The summed E-state index contributed by atoms with van der Waals surface area (Å²) >= 11 is 5.82. The normalized spacial score (nSPS) is 18.1. The number of rotatable bonds is 5. The number of hydrogen-bond acceptors (Lipinski definition) is 4. The van der Waals surface area contributed by atoms with E-state index in [2.05, 4.69) is 67.8 Å². The van der Waals surface area contributed by atoms with Gasteiger partial charge < -0.3 is 14.8 Å². The van der Waals surface area contributed by atoms with Gasteiger partial charge in [-0.2, -0.15) is 0 Å². The minimum absolute atomic E-state index is 0.00534. The van der Waals surface area contributed by atoms with Crippen molar-refractivity contribution in [1.29, 1.82) is 0 Å². The number of hydrogen-bond donors (Lipinski definition) is 1. The fourth-order valence-corrected chi connectivity index (χ4v) is 4.88. The molecule has 2 atom stereocenters. The highest BCUT2D eigenvalue weighted by molar-refractivity contribution is 7.80. The highest BCUT2D eigenvalue weighted by Crippen LogP contribution is 2.42. The Hall–Kier alpha value is -3.58. The largest absolute Gasteiger partial charge is 0.352 e. The van der Waals surface area contributed by atoms with E-state index in [0.717, 1.165) is 27.8 Å². The first kappa shape index (κ1) is 20.3. The van der Waals surface area contributed by atoms with E-state index in [1.807, 2.05) is 42.9 Å². The Labute approximate surface area is 193 Å². The number of aryl methyl sites for hydroxylation is 1. The van der Waals surface area contributed by atoms with Gasteiger partial charge in [0, 0.05) is 42.7 Å². The van der Waals surface area contributed by atoms with Gasteiger partial charge in [0.2, 0.25) is 0 Å². The molecule has 0 aromatic carbocycles. The zero-order valence-electron chi connectivity index (χ0n) is 18.0. The second-order valence-corrected chi connectivity index (χ2v) is 8.38. The summed E-state index contributed by atoms with van der Waals surface area (Å²) in [5, 5.41) is 4.26. The maximum atomic E-state index is 5.82. The molecule has 0 radical (unpaired) electrons. The molecular formula is C25H24N6S. The summed E-state index contributed by atoms with van der Waals surface area (Å²) in [4.78, 5) is 15.5. The maximum absolute atomic E-state index is 5.82. The average molecular weight is 441 g/mol. The van der Waals surface area contributed by atoms with Crippen LogP contribution in [0.1, 0.15) is 40.3 Å². The van der Waals surface area contributed by atoms with Crippen molar-refractivity contribution in [2.75, 3.05) is 0 Å². The third-order valence-electron chi connectivity index (χ3n) is 5.97. The van der Waals surface area contributed by atoms with Crippen LogP contribution in [0.2, 0.25) is 0 Å². The fourth-order valence-electron chi connectivity index (χ4n) is 4.57. The van der Waals surface area contributed by atoms with E-state index < -0.39 is 0 Å². The van der Waals surface area contributed by atoms with Crippen LogP contribution < -0.4 is 5.32 Å². The molecule has 0 unspecified atom stereocenters. The summed E-state index contributed by atoms with van der Waals surface area (Å²) < 4.78 is 2.25. The topological polar surface area (TPSA) is 58.9 Å². The van der Waals surface area contributed by atoms with Gasteiger partial charge in [-0.15, -0.1) is 0 Å². The van der Waals surface area contributed by atoms with Crippen molar-refractivity contribution in [3.8, 4) is 5.69 Å². The molecule has 5 rings (SSSR count). The summed E-state index contributed by atoms with van der Waals surface area (Å²) in [6.45, 7) is 4.96. The van der Waals surface area contributed by atoms with E-state index in [0.29, 0.717) is 6.54 Å². The third kappa shape index (κ3) is 3.65. The molecule has 0 aliphatic carbocycles. The molecule has 1 N–H and O–H groups in total. The minimum atomic E-state index is -0.0526. The van der Waals surface area contributed by atoms with Crippen LogP contribution in [-0.2, 0) is 6.54 Å². The lowest BCUT2D eigenvalue weighted by Gasteiger charge is -2.28. The molecule has 0 amide bonds. The van der Waals surface area contributed by atoms with Crippen LogP contribution in [0.25, 0.3) is 5.69 Å². The molecule has 4 aromatic rings. The van der Waals surface area contributed by atoms with Crippen LogP contribution in [0, 0.1) is 13.8 Å². The average Bonchev–Trinajstić information content (AvgIpc) is 3.30. The quantitative estimate of drug-likeness (QED) is 0.463. The smallest absolute Gasteiger partial charge is 0.170 e. The van der Waals surface area contributed by atoms with Crippen molar-refractivity contribution in [2.45, 2.75) is 32.5 Å². The monoisotopic (exact) mass is 440 g/mol. The van der Waals surface area contributed by atoms with Gasteiger partial charge in [0.05, 0.1) is 29.7 Å². The van der Waals surface area contributed by atoms with Gasteiger partial charge >= 0.3 is 0 Å². The van der Waals surface area contributed by atoms with Crippen molar-refractivity contribution in [3.05, 3.63) is 108 Å². The van der Waals surface area contributed by atoms with Crippen LogP contribution in [0.15, 0.2) is 79.5 Å². The number of thiocarbonyl (C=S) groups is 1. The van der Waals surface area contributed by atoms with Crippen molar-refractivity contribution < 1.29 is 0 Å². The standard InChI is InChI=1S/C25H24N6S/c1-17-13-21(18(2)31(17)20-8-6-11-27-15-20)24-23(22-9-3-4-12-28-22)29-25(32)30(24)16-19-7-5-10-26-14-19/h3-15,23-24H,16H2,1-2H3,(H,29,32)/t23-,24-/m1/s1. The minimum Gasteiger partial charge on any atom is -0.352 e. The van der Waals surface area contributed by atoms with Gasteiger partial charge in [-0.25, -0.2) is 0 Å². The molecule has 0 saturated carbocycles. The van der Waals surface area contributed by atoms with E-state index in [4.69, 9.17) is 12.2 Å². The number of pyridine rings is 3. The summed E-state index contributed by atoms with van der Waals surface area (Å²) in [5.74, 6) is 0. The molecule has 1 aliphatic heterocycles. The van der Waals surface area contributed by atoms with Gasteiger partial charge in [-0.1, -0.05) is 12.1 Å². The zero-order valence-corrected chi connectivity index (χ0v) is 18.8. The van der Waals surface area contributed by atoms with Gasteiger partial charge in [0.1, 0.15) is 0 Å². The predicted molar refractivity (Wildman–Crippen MR) is 128 cm³/mol. The lowest BCUT2D eigenvalue weighted by Crippen LogP contribution is -2.29. The summed E-state index contributed by atoms with van der Waals surface area (Å²) in [5.41, 5.74) is 6.69. The first-order chi connectivity index (χ1) is 15.6. The maximum Gasteiger partial charge on any atom is 0.170 e. The molecule has 1 fully saturated rings. The summed E-state index contributed by atoms with van der Waals surface area (Å²) in [6.07, 6.45) is 9.21. The summed E-state index contributed by atoms with van der Waals surface area (Å²) in [6, 6.07) is 16.3. The van der Waals surface area contributed by atoms with E-state index in [1.54, 1.807) is 12.4 Å². The van der Waals surface area contributed by atoms with E-state index in [9.17, 15) is 0 Å². The molecular weight excluding hydrogens is 416 g/mol. The molecule has 0 bridgehead atoms. The van der Waals surface area contributed by atoms with E-state index in [-0.39, 0.29) is 12.1 Å². The molecule has 5 heterocycles. The number of nitrogens with zero attached hydrogens (tertiary/aromatic N) is 5. The molecule has 32 heavy (non-hydrogen) atoms. The number of aromatic nitrogens is 4. The van der Waals surface area contributed by atoms with Crippen LogP contribution >= 0.6 is 12.2 Å². The van der Waals surface area contributed by atoms with Crippen molar-refractivity contribution in [1.82, 2.24) is 29.7 Å².